The van der Waals surface area contributed by atoms with Crippen molar-refractivity contribution >= 4 is 18.0 Å². The maximum atomic E-state index is 12.7. The Morgan fingerprint density at radius 1 is 1.44 bits per heavy atom. The lowest BCUT2D eigenvalue weighted by molar-refractivity contribution is -0.138. The minimum absolute atomic E-state index is 0.0444. The summed E-state index contributed by atoms with van der Waals surface area (Å²) in [5, 5.41) is 0.0444. The molecule has 1 heterocycles. The number of rotatable bonds is 1. The highest BCUT2D eigenvalue weighted by Crippen LogP contribution is 2.37. The molecule has 0 spiro atoms. The standard InChI is InChI=1S/C10H6ClF3NO/c11-6-1-2-7(9-4-16-5-15-9)8(3-6)10(12,13)14/h1-3,9H,4H2. The average Bonchev–Trinajstić information content (AvgIpc) is 2.69. The van der Waals surface area contributed by atoms with E-state index in [0.29, 0.717) is 0 Å². The summed E-state index contributed by atoms with van der Waals surface area (Å²) < 4.78 is 42.9. The molecule has 6 heteroatoms. The zero-order valence-corrected chi connectivity index (χ0v) is 8.64. The number of nitrogens with zero attached hydrogens (tertiary/aromatic N) is 1. The summed E-state index contributed by atoms with van der Waals surface area (Å²) in [6.45, 7) is 0.0741. The molecule has 2 nitrogen and oxygen atoms in total. The summed E-state index contributed by atoms with van der Waals surface area (Å²) in [7, 11) is 0. The number of hydrogen-bond donors (Lipinski definition) is 0. The van der Waals surface area contributed by atoms with Crippen molar-refractivity contribution < 1.29 is 17.9 Å². The van der Waals surface area contributed by atoms with Crippen molar-refractivity contribution in [3.8, 4) is 0 Å². The molecule has 1 aliphatic heterocycles. The van der Waals surface area contributed by atoms with Crippen LogP contribution in [0.25, 0.3) is 0 Å². The van der Waals surface area contributed by atoms with Crippen molar-refractivity contribution in [2.24, 2.45) is 4.99 Å². The molecule has 2 rings (SSSR count). The number of hydrogen-bond acceptors (Lipinski definition) is 2. The third-order valence-corrected chi connectivity index (χ3v) is 2.43. The number of ether oxygens (including phenoxy) is 1. The molecule has 0 aliphatic carbocycles. The number of halogens is 4. The van der Waals surface area contributed by atoms with Crippen molar-refractivity contribution in [1.82, 2.24) is 0 Å². The van der Waals surface area contributed by atoms with Crippen molar-refractivity contribution in [2.45, 2.75) is 12.2 Å². The summed E-state index contributed by atoms with van der Waals surface area (Å²) >= 11 is 5.55. The van der Waals surface area contributed by atoms with Gasteiger partial charge in [-0.15, -0.1) is 0 Å². The Balaban J connectivity index is 2.47. The Morgan fingerprint density at radius 3 is 2.75 bits per heavy atom. The predicted octanol–water partition coefficient (Wildman–Crippen LogP) is 3.34. The van der Waals surface area contributed by atoms with Gasteiger partial charge in [-0.3, -0.25) is 0 Å². The summed E-state index contributed by atoms with van der Waals surface area (Å²) in [4.78, 5) is 3.69. The fraction of sp³-hybridized carbons (Fsp3) is 0.300. The largest absolute Gasteiger partial charge is 0.471 e. The van der Waals surface area contributed by atoms with E-state index in [4.69, 9.17) is 16.3 Å². The quantitative estimate of drug-likeness (QED) is 0.747. The van der Waals surface area contributed by atoms with Gasteiger partial charge in [-0.1, -0.05) is 17.7 Å². The monoisotopic (exact) mass is 248 g/mol. The van der Waals surface area contributed by atoms with E-state index in [1.54, 1.807) is 0 Å². The van der Waals surface area contributed by atoms with Crippen LogP contribution in [0.2, 0.25) is 5.02 Å². The lowest BCUT2D eigenvalue weighted by Gasteiger charge is -2.15. The van der Waals surface area contributed by atoms with E-state index in [0.717, 1.165) is 6.07 Å². The van der Waals surface area contributed by atoms with Crippen LogP contribution < -0.4 is 0 Å². The van der Waals surface area contributed by atoms with Gasteiger partial charge in [0.15, 0.2) is 0 Å². The molecule has 1 unspecified atom stereocenters. The van der Waals surface area contributed by atoms with Crippen LogP contribution in [-0.4, -0.2) is 13.0 Å². The summed E-state index contributed by atoms with van der Waals surface area (Å²) in [5.74, 6) is 0. The minimum Gasteiger partial charge on any atom is -0.471 e. The highest BCUT2D eigenvalue weighted by atomic mass is 35.5. The predicted molar refractivity (Wildman–Crippen MR) is 52.6 cm³/mol. The van der Waals surface area contributed by atoms with Gasteiger partial charge in [-0.25, -0.2) is 4.99 Å². The number of benzene rings is 1. The first-order valence-corrected chi connectivity index (χ1v) is 4.79. The van der Waals surface area contributed by atoms with Gasteiger partial charge in [-0.2, -0.15) is 13.2 Å². The van der Waals surface area contributed by atoms with Crippen LogP contribution in [0.3, 0.4) is 0 Å². The van der Waals surface area contributed by atoms with E-state index in [1.165, 1.54) is 12.1 Å². The second-order valence-corrected chi connectivity index (χ2v) is 3.71. The summed E-state index contributed by atoms with van der Waals surface area (Å²) in [6.07, 6.45) is -2.26. The molecule has 0 fully saturated rings. The second kappa shape index (κ2) is 3.97. The van der Waals surface area contributed by atoms with Crippen LogP contribution in [0.4, 0.5) is 13.2 Å². The maximum absolute atomic E-state index is 12.7. The Morgan fingerprint density at radius 2 is 2.19 bits per heavy atom. The van der Waals surface area contributed by atoms with Crippen LogP contribution in [0.5, 0.6) is 0 Å². The minimum atomic E-state index is -4.45. The highest BCUT2D eigenvalue weighted by Gasteiger charge is 2.36. The van der Waals surface area contributed by atoms with Gasteiger partial charge >= 0.3 is 6.18 Å². The fourth-order valence-corrected chi connectivity index (χ4v) is 1.65. The van der Waals surface area contributed by atoms with Crippen molar-refractivity contribution in [1.29, 1.82) is 0 Å². The van der Waals surface area contributed by atoms with Crippen molar-refractivity contribution in [3.05, 3.63) is 34.3 Å². The van der Waals surface area contributed by atoms with Gasteiger partial charge in [0.05, 0.1) is 5.56 Å². The van der Waals surface area contributed by atoms with E-state index in [1.807, 2.05) is 0 Å². The highest BCUT2D eigenvalue weighted by molar-refractivity contribution is 6.30. The van der Waals surface area contributed by atoms with E-state index >= 15 is 0 Å². The normalized spacial score (nSPS) is 19.9. The zero-order valence-electron chi connectivity index (χ0n) is 7.88. The first-order valence-electron chi connectivity index (χ1n) is 4.42. The molecule has 0 amide bonds. The molecule has 0 saturated heterocycles. The van der Waals surface area contributed by atoms with Gasteiger partial charge < -0.3 is 4.74 Å². The lowest BCUT2D eigenvalue weighted by atomic mass is 10.0. The molecular formula is C10H6ClF3NO. The summed E-state index contributed by atoms with van der Waals surface area (Å²) in [5.41, 5.74) is -0.719. The van der Waals surface area contributed by atoms with Gasteiger partial charge in [-0.05, 0) is 17.7 Å². The van der Waals surface area contributed by atoms with E-state index in [9.17, 15) is 13.2 Å². The topological polar surface area (TPSA) is 21.6 Å². The molecule has 16 heavy (non-hydrogen) atoms. The van der Waals surface area contributed by atoms with Crippen LogP contribution in [0.15, 0.2) is 23.2 Å². The Kier molecular flexibility index (Phi) is 2.80. The SMILES string of the molecule is FC(F)(F)c1cc(Cl)ccc1C1CO[C]=N1. The molecule has 0 aromatic heterocycles. The van der Waals surface area contributed by atoms with Gasteiger partial charge in [0.25, 0.3) is 6.40 Å². The molecule has 85 valence electrons. The van der Waals surface area contributed by atoms with Crippen LogP contribution in [-0.2, 0) is 10.9 Å². The molecule has 1 aromatic rings. The lowest BCUT2D eigenvalue weighted by Crippen LogP contribution is -2.12. The van der Waals surface area contributed by atoms with E-state index < -0.39 is 17.8 Å². The molecule has 1 aliphatic rings. The van der Waals surface area contributed by atoms with Gasteiger partial charge in [0, 0.05) is 5.02 Å². The maximum Gasteiger partial charge on any atom is 0.416 e. The molecule has 0 N–H and O–H groups in total. The molecule has 0 bridgehead atoms. The molecule has 1 radical (unpaired) electrons. The zero-order chi connectivity index (χ0) is 11.8. The van der Waals surface area contributed by atoms with Crippen molar-refractivity contribution in [3.63, 3.8) is 0 Å². The number of aliphatic imine (C=N–C) groups is 1. The van der Waals surface area contributed by atoms with Crippen LogP contribution >= 0.6 is 11.6 Å². The molecule has 1 atom stereocenters. The Hall–Kier alpha value is -1.23. The van der Waals surface area contributed by atoms with Gasteiger partial charge in [0.2, 0.25) is 0 Å². The molecular weight excluding hydrogens is 243 g/mol. The third-order valence-electron chi connectivity index (χ3n) is 2.19. The molecule has 1 aromatic carbocycles. The Labute approximate surface area is 94.7 Å². The first-order chi connectivity index (χ1) is 7.48. The Bertz CT molecular complexity index is 431. The van der Waals surface area contributed by atoms with Crippen LogP contribution in [0, 0.1) is 0 Å². The smallest absolute Gasteiger partial charge is 0.416 e. The summed E-state index contributed by atoms with van der Waals surface area (Å²) in [6, 6.07) is 2.95. The fourth-order valence-electron chi connectivity index (χ4n) is 1.48. The number of alkyl halides is 3. The second-order valence-electron chi connectivity index (χ2n) is 3.28. The average molecular weight is 249 g/mol. The van der Waals surface area contributed by atoms with E-state index in [-0.39, 0.29) is 17.2 Å². The van der Waals surface area contributed by atoms with Crippen LogP contribution in [0.1, 0.15) is 17.2 Å². The first kappa shape index (κ1) is 11.3. The van der Waals surface area contributed by atoms with Gasteiger partial charge in [0.1, 0.15) is 12.6 Å². The molecule has 0 saturated carbocycles. The third kappa shape index (κ3) is 2.14. The van der Waals surface area contributed by atoms with E-state index in [2.05, 4.69) is 11.4 Å². The van der Waals surface area contributed by atoms with Crippen molar-refractivity contribution in [2.75, 3.05) is 6.61 Å².